The molecule has 0 amide bonds. The lowest BCUT2D eigenvalue weighted by Gasteiger charge is -2.18. The molecule has 0 saturated carbocycles. The van der Waals surface area contributed by atoms with Crippen LogP contribution in [0.3, 0.4) is 0 Å². The number of rotatable bonds is 3. The van der Waals surface area contributed by atoms with E-state index in [0.717, 1.165) is 0 Å². The largest absolute Gasteiger partial charge is 0.591 e. The molecule has 0 fully saturated rings. The maximum absolute atomic E-state index is 11.4. The number of nitrogens with zero attached hydrogens (tertiary/aromatic N) is 1. The second kappa shape index (κ2) is 4.62. The smallest absolute Gasteiger partial charge is 0.354 e. The van der Waals surface area contributed by atoms with E-state index in [-0.39, 0.29) is 12.1 Å². The molecule has 0 aliphatic heterocycles. The molecule has 0 aromatic rings. The van der Waals surface area contributed by atoms with Crippen LogP contribution in [0.2, 0.25) is 0 Å². The van der Waals surface area contributed by atoms with Crippen molar-refractivity contribution in [2.45, 2.75) is 38.9 Å². The predicted molar refractivity (Wildman–Crippen MR) is 53.3 cm³/mol. The summed E-state index contributed by atoms with van der Waals surface area (Å²) in [5.74, 6) is -1.10. The summed E-state index contributed by atoms with van der Waals surface area (Å²) in [6.07, 6.45) is 0.289. The topological polar surface area (TPSA) is 72.7 Å². The minimum Gasteiger partial charge on any atom is -0.591 e. The van der Waals surface area contributed by atoms with Gasteiger partial charge in [-0.2, -0.15) is 0 Å². The summed E-state index contributed by atoms with van der Waals surface area (Å²) in [4.78, 5) is 10.5. The van der Waals surface area contributed by atoms with Gasteiger partial charge >= 0.3 is 5.97 Å². The van der Waals surface area contributed by atoms with Gasteiger partial charge in [0.15, 0.2) is 5.71 Å². The number of hydrogen-bond donors (Lipinski definition) is 1. The van der Waals surface area contributed by atoms with Crippen molar-refractivity contribution in [3.8, 4) is 0 Å². The molecule has 1 atom stereocenters. The van der Waals surface area contributed by atoms with Crippen molar-refractivity contribution in [2.24, 2.45) is 4.40 Å². The Labute approximate surface area is 81.4 Å². The van der Waals surface area contributed by atoms with Crippen molar-refractivity contribution in [2.75, 3.05) is 0 Å². The van der Waals surface area contributed by atoms with E-state index in [2.05, 4.69) is 4.40 Å². The molecule has 0 heterocycles. The Morgan fingerprint density at radius 2 is 2.00 bits per heavy atom. The van der Waals surface area contributed by atoms with Gasteiger partial charge in [-0.3, -0.25) is 0 Å². The lowest BCUT2D eigenvalue weighted by Crippen LogP contribution is -2.28. The summed E-state index contributed by atoms with van der Waals surface area (Å²) in [5.41, 5.74) is -0.0340. The van der Waals surface area contributed by atoms with Crippen LogP contribution in [0.15, 0.2) is 4.40 Å². The number of hydrogen-bond acceptors (Lipinski definition) is 3. The molecule has 0 radical (unpaired) electrons. The standard InChI is InChI=1S/C8H15NO3S/c1-5-6(7(10)11)9-13(12)8(2,3)4/h5H2,1-4H3,(H,10,11)/b9-6+. The van der Waals surface area contributed by atoms with E-state index in [9.17, 15) is 9.35 Å². The average molecular weight is 205 g/mol. The van der Waals surface area contributed by atoms with Crippen molar-refractivity contribution in [3.05, 3.63) is 0 Å². The molecule has 0 aromatic carbocycles. The fraction of sp³-hybridized carbons (Fsp3) is 0.750. The molecule has 76 valence electrons. The molecule has 0 saturated heterocycles. The zero-order valence-corrected chi connectivity index (χ0v) is 9.14. The van der Waals surface area contributed by atoms with Crippen LogP contribution in [0.25, 0.3) is 0 Å². The van der Waals surface area contributed by atoms with Gasteiger partial charge in [0.1, 0.15) is 16.1 Å². The van der Waals surface area contributed by atoms with Gasteiger partial charge in [-0.05, 0) is 27.2 Å². The van der Waals surface area contributed by atoms with Gasteiger partial charge in [0.25, 0.3) is 0 Å². The van der Waals surface area contributed by atoms with E-state index in [1.165, 1.54) is 0 Å². The van der Waals surface area contributed by atoms with Crippen molar-refractivity contribution in [3.63, 3.8) is 0 Å². The average Bonchev–Trinajstić information content (AvgIpc) is 1.96. The fourth-order valence-corrected chi connectivity index (χ4v) is 1.17. The highest BCUT2D eigenvalue weighted by atomic mass is 32.2. The highest BCUT2D eigenvalue weighted by Crippen LogP contribution is 2.17. The molecule has 0 aromatic heterocycles. The first-order valence-corrected chi connectivity index (χ1v) is 5.12. The molecule has 1 N–H and O–H groups in total. The Morgan fingerprint density at radius 1 is 1.54 bits per heavy atom. The molecular formula is C8H15NO3S. The summed E-state index contributed by atoms with van der Waals surface area (Å²) >= 11 is -1.48. The van der Waals surface area contributed by atoms with E-state index in [0.29, 0.717) is 0 Å². The van der Waals surface area contributed by atoms with Gasteiger partial charge in [-0.1, -0.05) is 11.3 Å². The van der Waals surface area contributed by atoms with Crippen LogP contribution in [0, 0.1) is 0 Å². The number of aliphatic carboxylic acids is 1. The highest BCUT2D eigenvalue weighted by Gasteiger charge is 2.28. The van der Waals surface area contributed by atoms with Crippen molar-refractivity contribution >= 4 is 23.0 Å². The molecule has 1 unspecified atom stereocenters. The molecule has 0 aliphatic carbocycles. The highest BCUT2D eigenvalue weighted by molar-refractivity contribution is 7.91. The predicted octanol–water partition coefficient (Wildman–Crippen LogP) is 1.38. The first-order valence-electron chi connectivity index (χ1n) is 4.02. The normalized spacial score (nSPS) is 15.6. The number of carboxylic acid groups (broad SMARTS) is 1. The van der Waals surface area contributed by atoms with E-state index in [4.69, 9.17) is 5.11 Å². The monoisotopic (exact) mass is 205 g/mol. The SMILES string of the molecule is CC/C(=N\[S+]([O-])C(C)(C)C)C(=O)O. The van der Waals surface area contributed by atoms with Crippen LogP contribution < -0.4 is 0 Å². The molecule has 0 aliphatic rings. The molecule has 13 heavy (non-hydrogen) atoms. The van der Waals surface area contributed by atoms with Crippen LogP contribution in [0.5, 0.6) is 0 Å². The second-order valence-corrected chi connectivity index (χ2v) is 5.46. The fourth-order valence-electron chi connectivity index (χ4n) is 0.492. The van der Waals surface area contributed by atoms with E-state index in [1.807, 2.05) is 0 Å². The Morgan fingerprint density at radius 3 is 2.23 bits per heavy atom. The Kier molecular flexibility index (Phi) is 4.43. The number of carboxylic acids is 1. The van der Waals surface area contributed by atoms with Gasteiger partial charge in [-0.25, -0.2) is 4.79 Å². The van der Waals surface area contributed by atoms with Crippen LogP contribution in [0.1, 0.15) is 34.1 Å². The molecular weight excluding hydrogens is 190 g/mol. The third-order valence-electron chi connectivity index (χ3n) is 1.30. The summed E-state index contributed by atoms with van der Waals surface area (Å²) in [6.45, 7) is 6.93. The van der Waals surface area contributed by atoms with E-state index < -0.39 is 22.1 Å². The third-order valence-corrected chi connectivity index (χ3v) is 2.73. The Bertz CT molecular complexity index is 220. The zero-order valence-electron chi connectivity index (χ0n) is 8.33. The van der Waals surface area contributed by atoms with E-state index >= 15 is 0 Å². The second-order valence-electron chi connectivity index (χ2n) is 3.56. The van der Waals surface area contributed by atoms with E-state index in [1.54, 1.807) is 27.7 Å². The minimum absolute atomic E-state index is 0.0340. The van der Waals surface area contributed by atoms with Crippen LogP contribution in [-0.2, 0) is 16.2 Å². The summed E-state index contributed by atoms with van der Waals surface area (Å²) < 4.78 is 14.5. The van der Waals surface area contributed by atoms with Crippen LogP contribution >= 0.6 is 0 Å². The maximum Gasteiger partial charge on any atom is 0.354 e. The minimum atomic E-state index is -1.48. The molecule has 0 spiro atoms. The zero-order chi connectivity index (χ0) is 10.6. The molecule has 0 bridgehead atoms. The summed E-state index contributed by atoms with van der Waals surface area (Å²) in [6, 6.07) is 0. The van der Waals surface area contributed by atoms with Gasteiger partial charge < -0.3 is 9.66 Å². The van der Waals surface area contributed by atoms with Crippen LogP contribution in [-0.4, -0.2) is 26.1 Å². The van der Waals surface area contributed by atoms with Crippen molar-refractivity contribution in [1.82, 2.24) is 0 Å². The first-order chi connectivity index (χ1) is 5.79. The quantitative estimate of drug-likeness (QED) is 0.559. The molecule has 4 nitrogen and oxygen atoms in total. The lowest BCUT2D eigenvalue weighted by atomic mass is 10.3. The van der Waals surface area contributed by atoms with Crippen molar-refractivity contribution in [1.29, 1.82) is 0 Å². The summed E-state index contributed by atoms with van der Waals surface area (Å²) in [7, 11) is 0. The first kappa shape index (κ1) is 12.4. The van der Waals surface area contributed by atoms with Gasteiger partial charge in [-0.15, -0.1) is 0 Å². The Hall–Kier alpha value is -0.550. The van der Waals surface area contributed by atoms with Gasteiger partial charge in [0.2, 0.25) is 0 Å². The third kappa shape index (κ3) is 4.28. The Balaban J connectivity index is 4.61. The van der Waals surface area contributed by atoms with Gasteiger partial charge in [0, 0.05) is 0 Å². The van der Waals surface area contributed by atoms with Gasteiger partial charge in [0.05, 0.1) is 0 Å². The van der Waals surface area contributed by atoms with Crippen molar-refractivity contribution < 1.29 is 14.5 Å². The molecule has 0 rings (SSSR count). The maximum atomic E-state index is 11.4. The molecule has 5 heteroatoms. The van der Waals surface area contributed by atoms with Crippen LogP contribution in [0.4, 0.5) is 0 Å². The lowest BCUT2D eigenvalue weighted by molar-refractivity contribution is -0.129. The summed E-state index contributed by atoms with van der Waals surface area (Å²) in [5, 5.41) is 8.62. The number of carbonyl (C=O) groups is 1.